The zero-order valence-electron chi connectivity index (χ0n) is 44.4. The summed E-state index contributed by atoms with van der Waals surface area (Å²) < 4.78 is 0. The van der Waals surface area contributed by atoms with Crippen molar-refractivity contribution in [3.63, 3.8) is 0 Å². The lowest BCUT2D eigenvalue weighted by Gasteiger charge is -2.20. The van der Waals surface area contributed by atoms with Crippen molar-refractivity contribution in [3.05, 3.63) is 302 Å². The first-order valence-electron chi connectivity index (χ1n) is 28.3. The third kappa shape index (κ3) is 7.24. The smallest absolute Gasteiger partial charge is 0.000706 e. The lowest BCUT2D eigenvalue weighted by molar-refractivity contribution is 1.26. The van der Waals surface area contributed by atoms with Crippen LogP contribution in [0.4, 0.5) is 0 Å². The van der Waals surface area contributed by atoms with Crippen LogP contribution in [0, 0.1) is 0 Å². The third-order valence-corrected chi connectivity index (χ3v) is 17.8. The Bertz CT molecular complexity index is 5180. The summed E-state index contributed by atoms with van der Waals surface area (Å²) in [5.41, 5.74) is 20.3. The van der Waals surface area contributed by atoms with Gasteiger partial charge in [-0.15, -0.1) is 0 Å². The standard InChI is InChI=1S/C81H50/c1-3-17-56-47-74-63(43-54(56)15-1)37-39-72(80-66-25-11-6-19-58(66)45-59-20-7-12-26-67(59)80)78(74)52-31-29-50(30-32-52)70-41-42-71-65-24-10-5-23-62(65)49-76(71)77(70)51-33-35-53(36-34-51)79-73(40-38-64-44-55-16-2-4-18-57(55)48-75(64)79)81-68-27-13-8-21-60(68)46-61-22-9-14-28-69(61)81/h1-48H,49H2. The predicted octanol–water partition coefficient (Wildman–Crippen LogP) is 22.5. The minimum Gasteiger partial charge on any atom is -0.0619 e. The molecule has 16 aromatic rings. The quantitative estimate of drug-likeness (QED) is 0.146. The molecule has 0 unspecified atom stereocenters. The number of rotatable bonds is 6. The zero-order chi connectivity index (χ0) is 53.1. The van der Waals surface area contributed by atoms with Gasteiger partial charge >= 0.3 is 0 Å². The normalized spacial score (nSPS) is 12.1. The average Bonchev–Trinajstić information content (AvgIpc) is 4.12. The zero-order valence-corrected chi connectivity index (χ0v) is 44.4. The second kappa shape index (κ2) is 18.1. The van der Waals surface area contributed by atoms with E-state index in [1.54, 1.807) is 0 Å². The molecule has 0 heterocycles. The van der Waals surface area contributed by atoms with E-state index in [1.165, 1.54) is 175 Å². The maximum absolute atomic E-state index is 2.42. The summed E-state index contributed by atoms with van der Waals surface area (Å²) in [5, 5.41) is 20.0. The number of hydrogen-bond acceptors (Lipinski definition) is 0. The fourth-order valence-electron chi connectivity index (χ4n) is 14.1. The van der Waals surface area contributed by atoms with Crippen molar-refractivity contribution in [2.75, 3.05) is 0 Å². The van der Waals surface area contributed by atoms with Crippen LogP contribution in [0.2, 0.25) is 0 Å². The Kier molecular flexibility index (Phi) is 10.2. The fraction of sp³-hybridized carbons (Fsp3) is 0.0123. The van der Waals surface area contributed by atoms with Crippen LogP contribution in [-0.2, 0) is 6.42 Å². The molecule has 0 aromatic heterocycles. The summed E-state index contributed by atoms with van der Waals surface area (Å²) in [5.74, 6) is 0. The Labute approximate surface area is 470 Å². The van der Waals surface area contributed by atoms with Crippen LogP contribution >= 0.6 is 0 Å². The number of benzene rings is 16. The fourth-order valence-corrected chi connectivity index (χ4v) is 14.1. The van der Waals surface area contributed by atoms with Gasteiger partial charge in [-0.05, 0) is 218 Å². The Balaban J connectivity index is 0.860. The molecule has 0 saturated carbocycles. The number of hydrogen-bond donors (Lipinski definition) is 0. The first-order chi connectivity index (χ1) is 40.1. The van der Waals surface area contributed by atoms with E-state index < -0.39 is 0 Å². The number of fused-ring (bicyclic) bond motifs is 11. The van der Waals surface area contributed by atoms with Gasteiger partial charge in [-0.3, -0.25) is 0 Å². The second-order valence-electron chi connectivity index (χ2n) is 22.2. The summed E-state index contributed by atoms with van der Waals surface area (Å²) >= 11 is 0. The Morgan fingerprint density at radius 2 is 0.494 bits per heavy atom. The molecule has 1 aliphatic carbocycles. The van der Waals surface area contributed by atoms with E-state index in [-0.39, 0.29) is 0 Å². The SMILES string of the molecule is c1ccc2c(c1)Cc1c-2ccc(-c2ccc(-c3c(-c4c5ccccc5cc5ccccc45)ccc4cc5ccccc5cc34)cc2)c1-c1ccc(-c2c(-c3c4ccccc4cc4ccccc34)ccc3cc4ccccc4cc23)cc1. The van der Waals surface area contributed by atoms with E-state index in [9.17, 15) is 0 Å². The highest BCUT2D eigenvalue weighted by Gasteiger charge is 2.26. The molecule has 0 amide bonds. The van der Waals surface area contributed by atoms with Gasteiger partial charge in [0, 0.05) is 0 Å². The van der Waals surface area contributed by atoms with Crippen LogP contribution in [0.3, 0.4) is 0 Å². The van der Waals surface area contributed by atoms with Crippen LogP contribution in [0.5, 0.6) is 0 Å². The maximum Gasteiger partial charge on any atom is -0.000706 e. The van der Waals surface area contributed by atoms with Crippen molar-refractivity contribution in [1.29, 1.82) is 0 Å². The molecule has 0 fully saturated rings. The monoisotopic (exact) mass is 1020 g/mol. The average molecular weight is 1020 g/mol. The van der Waals surface area contributed by atoms with Gasteiger partial charge in [-0.1, -0.05) is 255 Å². The predicted molar refractivity (Wildman–Crippen MR) is 347 cm³/mol. The molecule has 17 rings (SSSR count). The molecule has 1 aliphatic rings. The second-order valence-corrected chi connectivity index (χ2v) is 22.2. The Morgan fingerprint density at radius 3 is 0.951 bits per heavy atom. The molecular formula is C81H50. The highest BCUT2D eigenvalue weighted by atomic mass is 14.3. The van der Waals surface area contributed by atoms with E-state index in [2.05, 4.69) is 291 Å². The van der Waals surface area contributed by atoms with Gasteiger partial charge in [-0.25, -0.2) is 0 Å². The van der Waals surface area contributed by atoms with Crippen LogP contribution < -0.4 is 0 Å². The van der Waals surface area contributed by atoms with E-state index in [4.69, 9.17) is 0 Å². The van der Waals surface area contributed by atoms with E-state index in [1.807, 2.05) is 0 Å². The lowest BCUT2D eigenvalue weighted by Crippen LogP contribution is -1.95. The largest absolute Gasteiger partial charge is 0.0619 e. The lowest BCUT2D eigenvalue weighted by atomic mass is 9.83. The highest BCUT2D eigenvalue weighted by molar-refractivity contribution is 6.20. The summed E-state index contributed by atoms with van der Waals surface area (Å²) in [6.45, 7) is 0. The van der Waals surface area contributed by atoms with Crippen molar-refractivity contribution in [2.24, 2.45) is 0 Å². The topological polar surface area (TPSA) is 0 Å². The summed E-state index contributed by atoms with van der Waals surface area (Å²) in [6, 6.07) is 110. The van der Waals surface area contributed by atoms with Crippen molar-refractivity contribution in [3.8, 4) is 77.9 Å². The van der Waals surface area contributed by atoms with Gasteiger partial charge in [0.15, 0.2) is 0 Å². The van der Waals surface area contributed by atoms with Crippen molar-refractivity contribution < 1.29 is 0 Å². The van der Waals surface area contributed by atoms with Gasteiger partial charge in [0.05, 0.1) is 0 Å². The minimum absolute atomic E-state index is 0.884. The molecule has 0 heteroatoms. The van der Waals surface area contributed by atoms with E-state index in [0.717, 1.165) is 6.42 Å². The molecule has 374 valence electrons. The molecular weight excluding hydrogens is 973 g/mol. The van der Waals surface area contributed by atoms with Crippen molar-refractivity contribution in [1.82, 2.24) is 0 Å². The molecule has 16 aromatic carbocycles. The third-order valence-electron chi connectivity index (χ3n) is 17.8. The van der Waals surface area contributed by atoms with Gasteiger partial charge in [-0.2, -0.15) is 0 Å². The van der Waals surface area contributed by atoms with Gasteiger partial charge < -0.3 is 0 Å². The molecule has 0 bridgehead atoms. The van der Waals surface area contributed by atoms with Crippen LogP contribution in [0.1, 0.15) is 11.1 Å². The minimum atomic E-state index is 0.884. The molecule has 0 saturated heterocycles. The van der Waals surface area contributed by atoms with Crippen molar-refractivity contribution in [2.45, 2.75) is 6.42 Å². The Morgan fingerprint density at radius 1 is 0.173 bits per heavy atom. The Hall–Kier alpha value is -10.4. The summed E-state index contributed by atoms with van der Waals surface area (Å²) in [7, 11) is 0. The molecule has 81 heavy (non-hydrogen) atoms. The first-order valence-corrected chi connectivity index (χ1v) is 28.3. The van der Waals surface area contributed by atoms with Crippen LogP contribution in [-0.4, -0.2) is 0 Å². The van der Waals surface area contributed by atoms with Gasteiger partial charge in [0.2, 0.25) is 0 Å². The molecule has 0 spiro atoms. The molecule has 0 nitrogen and oxygen atoms in total. The van der Waals surface area contributed by atoms with Gasteiger partial charge in [0.25, 0.3) is 0 Å². The summed E-state index contributed by atoms with van der Waals surface area (Å²) in [4.78, 5) is 0. The van der Waals surface area contributed by atoms with E-state index >= 15 is 0 Å². The maximum atomic E-state index is 2.42. The molecule has 0 aliphatic heterocycles. The first kappa shape index (κ1) is 45.6. The molecule has 0 atom stereocenters. The van der Waals surface area contributed by atoms with E-state index in [0.29, 0.717) is 0 Å². The highest BCUT2D eigenvalue weighted by Crippen LogP contribution is 2.50. The van der Waals surface area contributed by atoms with Gasteiger partial charge in [0.1, 0.15) is 0 Å². The molecule has 0 radical (unpaired) electrons. The molecule has 0 N–H and O–H groups in total. The van der Waals surface area contributed by atoms with Crippen LogP contribution in [0.25, 0.3) is 164 Å². The van der Waals surface area contributed by atoms with Crippen molar-refractivity contribution >= 4 is 86.2 Å². The van der Waals surface area contributed by atoms with Crippen LogP contribution in [0.15, 0.2) is 291 Å². The summed E-state index contributed by atoms with van der Waals surface area (Å²) in [6.07, 6.45) is 0.884.